The van der Waals surface area contributed by atoms with Gasteiger partial charge in [0.1, 0.15) is 6.33 Å². The SMILES string of the molecule is CC(C)n1ncnc1COC(=O)c1ccc(Br)c(N)c1. The van der Waals surface area contributed by atoms with E-state index in [1.54, 1.807) is 22.9 Å². The highest BCUT2D eigenvalue weighted by atomic mass is 79.9. The Morgan fingerprint density at radius 3 is 2.90 bits per heavy atom. The maximum absolute atomic E-state index is 11.9. The molecule has 106 valence electrons. The fourth-order valence-electron chi connectivity index (χ4n) is 1.69. The second-order valence-electron chi connectivity index (χ2n) is 4.53. The number of ether oxygens (including phenoxy) is 1. The van der Waals surface area contributed by atoms with Gasteiger partial charge < -0.3 is 10.5 Å². The van der Waals surface area contributed by atoms with Gasteiger partial charge in [0.25, 0.3) is 0 Å². The van der Waals surface area contributed by atoms with Crippen LogP contribution in [-0.4, -0.2) is 20.7 Å². The van der Waals surface area contributed by atoms with Crippen LogP contribution in [0.15, 0.2) is 29.0 Å². The lowest BCUT2D eigenvalue weighted by Crippen LogP contribution is -2.12. The molecular weight excluding hydrogens is 324 g/mol. The van der Waals surface area contributed by atoms with Crippen molar-refractivity contribution in [3.8, 4) is 0 Å². The molecule has 0 amide bonds. The lowest BCUT2D eigenvalue weighted by atomic mass is 10.2. The Balaban J connectivity index is 2.05. The van der Waals surface area contributed by atoms with E-state index >= 15 is 0 Å². The first-order valence-corrected chi connectivity index (χ1v) is 6.89. The molecule has 7 heteroatoms. The topological polar surface area (TPSA) is 83.0 Å². The summed E-state index contributed by atoms with van der Waals surface area (Å²) in [6.07, 6.45) is 1.45. The number of hydrogen-bond donors (Lipinski definition) is 1. The molecule has 2 aromatic rings. The molecule has 0 saturated heterocycles. The molecule has 0 aliphatic carbocycles. The number of rotatable bonds is 4. The monoisotopic (exact) mass is 338 g/mol. The van der Waals surface area contributed by atoms with Crippen LogP contribution in [0.3, 0.4) is 0 Å². The average molecular weight is 339 g/mol. The van der Waals surface area contributed by atoms with Crippen molar-refractivity contribution < 1.29 is 9.53 Å². The summed E-state index contributed by atoms with van der Waals surface area (Å²) in [5.74, 6) is 0.168. The summed E-state index contributed by atoms with van der Waals surface area (Å²) in [4.78, 5) is 16.0. The number of hydrogen-bond acceptors (Lipinski definition) is 5. The van der Waals surface area contributed by atoms with Gasteiger partial charge in [0.05, 0.1) is 5.56 Å². The van der Waals surface area contributed by atoms with Crippen LogP contribution >= 0.6 is 15.9 Å². The fraction of sp³-hybridized carbons (Fsp3) is 0.308. The maximum atomic E-state index is 11.9. The van der Waals surface area contributed by atoms with Gasteiger partial charge in [-0.1, -0.05) is 0 Å². The highest BCUT2D eigenvalue weighted by Crippen LogP contribution is 2.20. The Hall–Kier alpha value is -1.89. The van der Waals surface area contributed by atoms with Crippen LogP contribution in [0.25, 0.3) is 0 Å². The van der Waals surface area contributed by atoms with Gasteiger partial charge >= 0.3 is 5.97 Å². The van der Waals surface area contributed by atoms with Gasteiger partial charge in [0.15, 0.2) is 12.4 Å². The Morgan fingerprint density at radius 2 is 2.25 bits per heavy atom. The third-order valence-electron chi connectivity index (χ3n) is 2.70. The largest absolute Gasteiger partial charge is 0.454 e. The van der Waals surface area contributed by atoms with Crippen LogP contribution in [0.2, 0.25) is 0 Å². The molecule has 1 aromatic heterocycles. The molecule has 6 nitrogen and oxygen atoms in total. The van der Waals surface area contributed by atoms with Gasteiger partial charge in [-0.05, 0) is 48.0 Å². The normalized spacial score (nSPS) is 10.8. The van der Waals surface area contributed by atoms with Crippen molar-refractivity contribution in [2.75, 3.05) is 5.73 Å². The first-order valence-electron chi connectivity index (χ1n) is 6.09. The van der Waals surface area contributed by atoms with Crippen LogP contribution in [0.5, 0.6) is 0 Å². The number of anilines is 1. The van der Waals surface area contributed by atoms with Crippen LogP contribution in [-0.2, 0) is 11.3 Å². The van der Waals surface area contributed by atoms with E-state index < -0.39 is 5.97 Å². The lowest BCUT2D eigenvalue weighted by Gasteiger charge is -2.10. The third kappa shape index (κ3) is 3.16. The van der Waals surface area contributed by atoms with E-state index in [-0.39, 0.29) is 12.6 Å². The van der Waals surface area contributed by atoms with E-state index in [1.165, 1.54) is 6.33 Å². The summed E-state index contributed by atoms with van der Waals surface area (Å²) in [7, 11) is 0. The van der Waals surface area contributed by atoms with Crippen molar-refractivity contribution in [3.63, 3.8) is 0 Å². The minimum Gasteiger partial charge on any atom is -0.454 e. The molecule has 0 radical (unpaired) electrons. The summed E-state index contributed by atoms with van der Waals surface area (Å²) in [5.41, 5.74) is 6.63. The molecule has 0 spiro atoms. The molecule has 0 aliphatic heterocycles. The average Bonchev–Trinajstić information content (AvgIpc) is 2.87. The Morgan fingerprint density at radius 1 is 1.50 bits per heavy atom. The minimum absolute atomic E-state index is 0.0764. The van der Waals surface area contributed by atoms with Gasteiger partial charge in [0, 0.05) is 16.2 Å². The number of benzene rings is 1. The van der Waals surface area contributed by atoms with E-state index in [4.69, 9.17) is 10.5 Å². The smallest absolute Gasteiger partial charge is 0.338 e. The van der Waals surface area contributed by atoms with Gasteiger partial charge in [-0.25, -0.2) is 14.5 Å². The molecule has 2 rings (SSSR count). The zero-order chi connectivity index (χ0) is 14.7. The Bertz CT molecular complexity index is 625. The molecule has 2 N–H and O–H groups in total. The molecule has 0 atom stereocenters. The van der Waals surface area contributed by atoms with Crippen LogP contribution in [0, 0.1) is 0 Å². The van der Waals surface area contributed by atoms with Crippen molar-refractivity contribution in [2.24, 2.45) is 0 Å². The summed E-state index contributed by atoms with van der Waals surface area (Å²) in [5, 5.41) is 4.08. The number of carbonyl (C=O) groups is 1. The number of halogens is 1. The number of aromatic nitrogens is 3. The second kappa shape index (κ2) is 6.04. The van der Waals surface area contributed by atoms with Crippen LogP contribution in [0.1, 0.15) is 36.1 Å². The molecule has 0 aliphatic rings. The summed E-state index contributed by atoms with van der Waals surface area (Å²) in [6.45, 7) is 4.04. The van der Waals surface area contributed by atoms with Gasteiger partial charge in [-0.15, -0.1) is 0 Å². The van der Waals surface area contributed by atoms with Crippen molar-refractivity contribution >= 4 is 27.6 Å². The number of nitrogens with zero attached hydrogens (tertiary/aromatic N) is 3. The highest BCUT2D eigenvalue weighted by Gasteiger charge is 2.13. The number of esters is 1. The molecule has 0 fully saturated rings. The molecule has 1 aromatic carbocycles. The number of carbonyl (C=O) groups excluding carboxylic acids is 1. The summed E-state index contributed by atoms with van der Waals surface area (Å²) in [6, 6.07) is 5.09. The fourth-order valence-corrected chi connectivity index (χ4v) is 1.94. The highest BCUT2D eigenvalue weighted by molar-refractivity contribution is 9.10. The second-order valence-corrected chi connectivity index (χ2v) is 5.38. The van der Waals surface area contributed by atoms with E-state index in [9.17, 15) is 4.79 Å². The minimum atomic E-state index is -0.442. The summed E-state index contributed by atoms with van der Waals surface area (Å²) >= 11 is 3.28. The zero-order valence-corrected chi connectivity index (χ0v) is 12.8. The Kier molecular flexibility index (Phi) is 4.39. The first-order chi connectivity index (χ1) is 9.49. The van der Waals surface area contributed by atoms with E-state index in [1.807, 2.05) is 13.8 Å². The maximum Gasteiger partial charge on any atom is 0.338 e. The zero-order valence-electron chi connectivity index (χ0n) is 11.2. The van der Waals surface area contributed by atoms with Crippen molar-refractivity contribution in [2.45, 2.75) is 26.5 Å². The van der Waals surface area contributed by atoms with E-state index in [2.05, 4.69) is 26.0 Å². The molecule has 1 heterocycles. The van der Waals surface area contributed by atoms with Crippen molar-refractivity contribution in [1.29, 1.82) is 0 Å². The van der Waals surface area contributed by atoms with E-state index in [0.29, 0.717) is 17.1 Å². The van der Waals surface area contributed by atoms with Crippen molar-refractivity contribution in [1.82, 2.24) is 14.8 Å². The quantitative estimate of drug-likeness (QED) is 0.684. The number of nitrogen functional groups attached to an aromatic ring is 1. The van der Waals surface area contributed by atoms with Crippen LogP contribution in [0.4, 0.5) is 5.69 Å². The van der Waals surface area contributed by atoms with Crippen LogP contribution < -0.4 is 5.73 Å². The predicted octanol–water partition coefficient (Wildman–Crippen LogP) is 2.56. The molecule has 0 unspecified atom stereocenters. The predicted molar refractivity (Wildman–Crippen MR) is 78.1 cm³/mol. The molecule has 20 heavy (non-hydrogen) atoms. The standard InChI is InChI=1S/C13H15BrN4O2/c1-8(2)18-12(16-7-17-18)6-20-13(19)9-3-4-10(14)11(15)5-9/h3-5,7-8H,6,15H2,1-2H3. The Labute approximate surface area is 125 Å². The number of nitrogens with two attached hydrogens (primary N) is 1. The first kappa shape index (κ1) is 14.5. The van der Waals surface area contributed by atoms with Gasteiger partial charge in [0.2, 0.25) is 0 Å². The van der Waals surface area contributed by atoms with Gasteiger partial charge in [-0.2, -0.15) is 5.10 Å². The van der Waals surface area contributed by atoms with E-state index in [0.717, 1.165) is 4.47 Å². The van der Waals surface area contributed by atoms with Crippen molar-refractivity contribution in [3.05, 3.63) is 40.4 Å². The summed E-state index contributed by atoms with van der Waals surface area (Å²) < 4.78 is 7.68. The lowest BCUT2D eigenvalue weighted by molar-refractivity contribution is 0.0455. The third-order valence-corrected chi connectivity index (χ3v) is 3.42. The molecule has 0 saturated carbocycles. The molecule has 0 bridgehead atoms. The van der Waals surface area contributed by atoms with Gasteiger partial charge in [-0.3, -0.25) is 0 Å². The molecular formula is C13H15BrN4O2.